The van der Waals surface area contributed by atoms with Crippen LogP contribution in [0.1, 0.15) is 54.7 Å². The first-order valence-electron chi connectivity index (χ1n) is 10.8. The molecule has 0 saturated heterocycles. The minimum absolute atomic E-state index is 0.134. The third-order valence-electron chi connectivity index (χ3n) is 5.25. The number of hydrogen-bond donors (Lipinski definition) is 2. The highest BCUT2D eigenvalue weighted by Gasteiger charge is 2.18. The molecular weight excluding hydrogens is 438 g/mol. The predicted molar refractivity (Wildman–Crippen MR) is 127 cm³/mol. The number of pyridine rings is 1. The Morgan fingerprint density at radius 3 is 2.33 bits per heavy atom. The molecule has 3 rings (SSSR count). The van der Waals surface area contributed by atoms with Gasteiger partial charge in [-0.15, -0.1) is 0 Å². The van der Waals surface area contributed by atoms with Crippen LogP contribution in [-0.2, 0) is 16.6 Å². The number of carbonyl (C=O) groups excluding carboxylic acids is 1. The van der Waals surface area contributed by atoms with E-state index in [9.17, 15) is 13.2 Å². The molecule has 0 radical (unpaired) electrons. The van der Waals surface area contributed by atoms with Crippen molar-refractivity contribution in [1.82, 2.24) is 15.0 Å². The minimum Gasteiger partial charge on any atom is -0.489 e. The van der Waals surface area contributed by atoms with Gasteiger partial charge in [0.1, 0.15) is 12.4 Å². The number of benzene rings is 2. The van der Waals surface area contributed by atoms with Crippen molar-refractivity contribution in [2.75, 3.05) is 0 Å². The van der Waals surface area contributed by atoms with Gasteiger partial charge in [-0.25, -0.2) is 13.1 Å². The number of sulfonamides is 1. The minimum atomic E-state index is -3.60. The van der Waals surface area contributed by atoms with Crippen molar-refractivity contribution in [2.45, 2.75) is 50.8 Å². The van der Waals surface area contributed by atoms with E-state index in [1.807, 2.05) is 50.2 Å². The number of hydrogen-bond acceptors (Lipinski definition) is 5. The van der Waals surface area contributed by atoms with Crippen LogP contribution >= 0.6 is 0 Å². The Kier molecular flexibility index (Phi) is 8.19. The van der Waals surface area contributed by atoms with E-state index in [4.69, 9.17) is 4.74 Å². The number of nitrogens with zero attached hydrogens (tertiary/aromatic N) is 1. The molecule has 0 aliphatic rings. The zero-order valence-corrected chi connectivity index (χ0v) is 19.8. The molecule has 0 fully saturated rings. The Bertz CT molecular complexity index is 1150. The Morgan fingerprint density at radius 1 is 1.03 bits per heavy atom. The molecule has 0 saturated carbocycles. The molecule has 0 bridgehead atoms. The van der Waals surface area contributed by atoms with E-state index in [0.717, 1.165) is 16.9 Å². The third kappa shape index (κ3) is 6.87. The number of rotatable bonds is 10. The smallest absolute Gasteiger partial charge is 0.251 e. The number of nitrogens with one attached hydrogen (secondary N) is 2. The second-order valence-electron chi connectivity index (χ2n) is 7.87. The molecule has 8 heteroatoms. The maximum Gasteiger partial charge on any atom is 0.251 e. The molecule has 0 spiro atoms. The number of carbonyl (C=O) groups is 1. The zero-order valence-electron chi connectivity index (χ0n) is 19.0. The summed E-state index contributed by atoms with van der Waals surface area (Å²) in [6.07, 6.45) is 4.17. The first kappa shape index (κ1) is 24.4. The number of aromatic nitrogens is 1. The number of amides is 1. The quantitative estimate of drug-likeness (QED) is 0.465. The highest BCUT2D eigenvalue weighted by molar-refractivity contribution is 7.89. The standard InChI is InChI=1S/C25H29N3O4S/c1-4-18(2)28-33(30,31)24-13-9-22(10-14-24)25(29)27-19(3)21-7-11-23(12-8-21)32-17-20-6-5-15-26-16-20/h5-16,18-19,28H,4,17H2,1-3H3,(H,27,29). The van der Waals surface area contributed by atoms with E-state index in [1.54, 1.807) is 19.3 Å². The lowest BCUT2D eigenvalue weighted by molar-refractivity contribution is 0.0939. The highest BCUT2D eigenvalue weighted by atomic mass is 32.2. The summed E-state index contributed by atoms with van der Waals surface area (Å²) in [6.45, 7) is 6.03. The first-order chi connectivity index (χ1) is 15.8. The second-order valence-corrected chi connectivity index (χ2v) is 9.58. The summed E-state index contributed by atoms with van der Waals surface area (Å²) in [5.74, 6) is 0.446. The summed E-state index contributed by atoms with van der Waals surface area (Å²) in [7, 11) is -3.60. The molecule has 2 aromatic carbocycles. The Labute approximate surface area is 195 Å². The Hall–Kier alpha value is -3.23. The summed E-state index contributed by atoms with van der Waals surface area (Å²) in [5.41, 5.74) is 2.30. The van der Waals surface area contributed by atoms with E-state index in [0.29, 0.717) is 18.6 Å². The lowest BCUT2D eigenvalue weighted by Crippen LogP contribution is -2.32. The van der Waals surface area contributed by atoms with Crippen molar-refractivity contribution in [3.05, 3.63) is 89.7 Å². The molecule has 2 atom stereocenters. The van der Waals surface area contributed by atoms with Crippen molar-refractivity contribution in [1.29, 1.82) is 0 Å². The molecule has 1 amide bonds. The molecule has 1 heterocycles. The van der Waals surface area contributed by atoms with Gasteiger partial charge in [-0.1, -0.05) is 25.1 Å². The van der Waals surface area contributed by atoms with E-state index in [-0.39, 0.29) is 22.9 Å². The predicted octanol–water partition coefficient (Wildman–Crippen LogP) is 4.23. The average Bonchev–Trinajstić information content (AvgIpc) is 2.83. The molecule has 33 heavy (non-hydrogen) atoms. The summed E-state index contributed by atoms with van der Waals surface area (Å²) in [6, 6.07) is 16.9. The number of ether oxygens (including phenoxy) is 1. The summed E-state index contributed by atoms with van der Waals surface area (Å²) in [4.78, 5) is 16.8. The molecule has 174 valence electrons. The van der Waals surface area contributed by atoms with Gasteiger partial charge in [-0.3, -0.25) is 9.78 Å². The topological polar surface area (TPSA) is 97.4 Å². The van der Waals surface area contributed by atoms with E-state index in [1.165, 1.54) is 24.3 Å². The van der Waals surface area contributed by atoms with Crippen molar-refractivity contribution < 1.29 is 17.9 Å². The van der Waals surface area contributed by atoms with Crippen LogP contribution in [0.4, 0.5) is 0 Å². The normalized spacial score (nSPS) is 13.2. The van der Waals surface area contributed by atoms with Crippen LogP contribution in [-0.4, -0.2) is 25.4 Å². The van der Waals surface area contributed by atoms with Crippen LogP contribution in [0.2, 0.25) is 0 Å². The molecule has 0 aliphatic carbocycles. The molecule has 3 aromatic rings. The van der Waals surface area contributed by atoms with Gasteiger partial charge in [0, 0.05) is 29.6 Å². The molecule has 0 aliphatic heterocycles. The fraction of sp³-hybridized carbons (Fsp3) is 0.280. The largest absolute Gasteiger partial charge is 0.489 e. The van der Waals surface area contributed by atoms with Gasteiger partial charge in [0.25, 0.3) is 5.91 Å². The van der Waals surface area contributed by atoms with Crippen LogP contribution in [0.15, 0.2) is 78.0 Å². The van der Waals surface area contributed by atoms with Gasteiger partial charge < -0.3 is 10.1 Å². The van der Waals surface area contributed by atoms with Crippen LogP contribution in [0, 0.1) is 0 Å². The monoisotopic (exact) mass is 467 g/mol. The van der Waals surface area contributed by atoms with Crippen LogP contribution < -0.4 is 14.8 Å². The Morgan fingerprint density at radius 2 is 1.73 bits per heavy atom. The highest BCUT2D eigenvalue weighted by Crippen LogP contribution is 2.19. The van der Waals surface area contributed by atoms with E-state index >= 15 is 0 Å². The molecule has 1 aromatic heterocycles. The maximum atomic E-state index is 12.6. The van der Waals surface area contributed by atoms with Crippen molar-refractivity contribution >= 4 is 15.9 Å². The van der Waals surface area contributed by atoms with Gasteiger partial charge in [-0.2, -0.15) is 0 Å². The van der Waals surface area contributed by atoms with Gasteiger partial charge in [0.15, 0.2) is 0 Å². The SMILES string of the molecule is CCC(C)NS(=O)(=O)c1ccc(C(=O)NC(C)c2ccc(OCc3cccnc3)cc2)cc1. The molecule has 7 nitrogen and oxygen atoms in total. The first-order valence-corrected chi connectivity index (χ1v) is 12.3. The summed E-state index contributed by atoms with van der Waals surface area (Å²) >= 11 is 0. The lowest BCUT2D eigenvalue weighted by Gasteiger charge is -2.16. The van der Waals surface area contributed by atoms with Crippen molar-refractivity contribution in [3.8, 4) is 5.75 Å². The van der Waals surface area contributed by atoms with E-state index < -0.39 is 10.0 Å². The molecular formula is C25H29N3O4S. The average molecular weight is 468 g/mol. The van der Waals surface area contributed by atoms with Gasteiger partial charge in [0.05, 0.1) is 10.9 Å². The third-order valence-corrected chi connectivity index (χ3v) is 6.86. The maximum absolute atomic E-state index is 12.6. The molecule has 2 N–H and O–H groups in total. The van der Waals surface area contributed by atoms with Crippen molar-refractivity contribution in [3.63, 3.8) is 0 Å². The van der Waals surface area contributed by atoms with Gasteiger partial charge >= 0.3 is 0 Å². The van der Waals surface area contributed by atoms with Crippen molar-refractivity contribution in [2.24, 2.45) is 0 Å². The van der Waals surface area contributed by atoms with Crippen LogP contribution in [0.5, 0.6) is 5.75 Å². The summed E-state index contributed by atoms with van der Waals surface area (Å²) in [5, 5.41) is 2.94. The fourth-order valence-electron chi connectivity index (χ4n) is 3.07. The second kappa shape index (κ2) is 11.1. The van der Waals surface area contributed by atoms with E-state index in [2.05, 4.69) is 15.0 Å². The van der Waals surface area contributed by atoms with Crippen LogP contribution in [0.3, 0.4) is 0 Å². The Balaban J connectivity index is 1.57. The molecule has 2 unspecified atom stereocenters. The zero-order chi connectivity index (χ0) is 23.8. The fourth-order valence-corrected chi connectivity index (χ4v) is 4.39. The lowest BCUT2D eigenvalue weighted by atomic mass is 10.1. The van der Waals surface area contributed by atoms with Crippen LogP contribution in [0.25, 0.3) is 0 Å². The summed E-state index contributed by atoms with van der Waals surface area (Å²) < 4.78 is 33.1. The van der Waals surface area contributed by atoms with Gasteiger partial charge in [-0.05, 0) is 68.3 Å². The van der Waals surface area contributed by atoms with Gasteiger partial charge in [0.2, 0.25) is 10.0 Å².